The molecule has 0 spiro atoms. The number of phenolic OH excluding ortho intramolecular Hbond substituents is 1. The van der Waals surface area contributed by atoms with Gasteiger partial charge in [-0.15, -0.1) is 0 Å². The second-order valence-corrected chi connectivity index (χ2v) is 9.73. The molecule has 1 saturated carbocycles. The molecule has 0 unspecified atom stereocenters. The number of nitrogens with one attached hydrogen (secondary N) is 2. The van der Waals surface area contributed by atoms with Crippen LogP contribution in [0.4, 0.5) is 0 Å². The van der Waals surface area contributed by atoms with Crippen LogP contribution in [0, 0.1) is 0 Å². The zero-order valence-electron chi connectivity index (χ0n) is 20.6. The van der Waals surface area contributed by atoms with Crippen molar-refractivity contribution in [1.29, 1.82) is 0 Å². The fraction of sp³-hybridized carbons (Fsp3) is 0.241. The van der Waals surface area contributed by atoms with Crippen LogP contribution in [-0.4, -0.2) is 41.6 Å². The number of benzene rings is 2. The number of aromatic amines is 1. The molecule has 1 aliphatic rings. The Bertz CT molecular complexity index is 1650. The van der Waals surface area contributed by atoms with Crippen molar-refractivity contribution in [3.05, 3.63) is 78.1 Å². The Kier molecular flexibility index (Phi) is 6.03. The van der Waals surface area contributed by atoms with Crippen molar-refractivity contribution in [3.63, 3.8) is 0 Å². The van der Waals surface area contributed by atoms with Gasteiger partial charge in [0.1, 0.15) is 11.4 Å². The van der Waals surface area contributed by atoms with Gasteiger partial charge in [-0.3, -0.25) is 9.78 Å². The number of phenols is 1. The Morgan fingerprint density at radius 2 is 1.89 bits per heavy atom. The highest BCUT2D eigenvalue weighted by Crippen LogP contribution is 2.36. The monoisotopic (exact) mass is 509 g/mol. The number of imidazole rings is 1. The summed E-state index contributed by atoms with van der Waals surface area (Å²) >= 11 is 0. The number of nitrogens with zero attached hydrogens (tertiary/aromatic N) is 3. The topological polar surface area (TPSA) is 133 Å². The summed E-state index contributed by atoms with van der Waals surface area (Å²) in [5.41, 5.74) is 3.69. The zero-order valence-corrected chi connectivity index (χ0v) is 20.6. The molecule has 4 N–H and O–H groups in total. The van der Waals surface area contributed by atoms with E-state index in [4.69, 9.17) is 4.98 Å². The van der Waals surface area contributed by atoms with E-state index in [2.05, 4.69) is 19.9 Å². The minimum absolute atomic E-state index is 0.0107. The quantitative estimate of drug-likeness (QED) is 0.244. The van der Waals surface area contributed by atoms with Crippen LogP contribution in [0.3, 0.4) is 0 Å². The predicted molar refractivity (Wildman–Crippen MR) is 143 cm³/mol. The number of fused-ring (bicyclic) bond motifs is 2. The van der Waals surface area contributed by atoms with Gasteiger partial charge >= 0.3 is 5.97 Å². The summed E-state index contributed by atoms with van der Waals surface area (Å²) in [6.45, 7) is 0. The van der Waals surface area contributed by atoms with Gasteiger partial charge in [-0.2, -0.15) is 0 Å². The van der Waals surface area contributed by atoms with E-state index in [1.54, 1.807) is 24.4 Å². The standard InChI is InChI=1S/C29H27N5O4/c35-19-10-11-22-20(15-19)21(16-31-22)26(29(37)38)33-28(36)17-9-12-25-24(14-17)32-27(23-8-4-5-13-30-23)34(25)18-6-2-1-3-7-18/h4-5,8-16,18,26,31,35H,1-3,6-7H2,(H,33,36)(H,37,38)/t26-/m0/s1. The number of H-pyrrole nitrogens is 1. The number of hydrogen-bond donors (Lipinski definition) is 4. The van der Waals surface area contributed by atoms with Crippen molar-refractivity contribution in [2.24, 2.45) is 0 Å². The third-order valence-electron chi connectivity index (χ3n) is 7.32. The first-order valence-electron chi connectivity index (χ1n) is 12.8. The highest BCUT2D eigenvalue weighted by Gasteiger charge is 2.27. The van der Waals surface area contributed by atoms with Crippen molar-refractivity contribution < 1.29 is 19.8 Å². The van der Waals surface area contributed by atoms with Crippen LogP contribution in [-0.2, 0) is 4.79 Å². The largest absolute Gasteiger partial charge is 0.508 e. The average molecular weight is 510 g/mol. The van der Waals surface area contributed by atoms with Crippen molar-refractivity contribution in [2.45, 2.75) is 44.2 Å². The van der Waals surface area contributed by atoms with Crippen LogP contribution in [0.1, 0.15) is 60.1 Å². The van der Waals surface area contributed by atoms with E-state index in [1.807, 2.05) is 24.3 Å². The van der Waals surface area contributed by atoms with Crippen molar-refractivity contribution >= 4 is 33.8 Å². The Morgan fingerprint density at radius 3 is 2.66 bits per heavy atom. The summed E-state index contributed by atoms with van der Waals surface area (Å²) in [7, 11) is 0. The number of aromatic hydroxyl groups is 1. The Hall–Kier alpha value is -4.66. The van der Waals surface area contributed by atoms with Gasteiger partial charge in [0.2, 0.25) is 0 Å². The summed E-state index contributed by atoms with van der Waals surface area (Å²) in [4.78, 5) is 37.9. The van der Waals surface area contributed by atoms with Gasteiger partial charge in [-0.25, -0.2) is 9.78 Å². The molecule has 3 aromatic heterocycles. The van der Waals surface area contributed by atoms with E-state index in [0.29, 0.717) is 33.6 Å². The van der Waals surface area contributed by atoms with Gasteiger partial charge in [0.25, 0.3) is 5.91 Å². The summed E-state index contributed by atoms with van der Waals surface area (Å²) in [5.74, 6) is -0.952. The molecule has 192 valence electrons. The molecule has 0 radical (unpaired) electrons. The van der Waals surface area contributed by atoms with Crippen LogP contribution in [0.15, 0.2) is 67.0 Å². The molecule has 1 amide bonds. The fourth-order valence-corrected chi connectivity index (χ4v) is 5.48. The highest BCUT2D eigenvalue weighted by atomic mass is 16.4. The first-order valence-corrected chi connectivity index (χ1v) is 12.8. The number of pyridine rings is 1. The molecule has 0 aliphatic heterocycles. The molecule has 3 heterocycles. The third kappa shape index (κ3) is 4.26. The lowest BCUT2D eigenvalue weighted by Gasteiger charge is -2.25. The van der Waals surface area contributed by atoms with E-state index < -0.39 is 17.9 Å². The molecular formula is C29H27N5O4. The van der Waals surface area contributed by atoms with Gasteiger partial charge in [-0.05, 0) is 61.4 Å². The smallest absolute Gasteiger partial charge is 0.331 e. The van der Waals surface area contributed by atoms with E-state index >= 15 is 0 Å². The first-order chi connectivity index (χ1) is 18.5. The second-order valence-electron chi connectivity index (χ2n) is 9.73. The van der Waals surface area contributed by atoms with E-state index in [0.717, 1.165) is 42.7 Å². The number of aromatic nitrogens is 4. The Labute approximate surface area is 218 Å². The number of aliphatic carboxylic acids is 1. The normalized spacial score (nSPS) is 15.1. The lowest BCUT2D eigenvalue weighted by molar-refractivity contribution is -0.139. The molecule has 9 heteroatoms. The first kappa shape index (κ1) is 23.7. The molecule has 5 aromatic rings. The van der Waals surface area contributed by atoms with Gasteiger partial charge in [0.15, 0.2) is 11.9 Å². The van der Waals surface area contributed by atoms with Crippen molar-refractivity contribution in [2.75, 3.05) is 0 Å². The summed E-state index contributed by atoms with van der Waals surface area (Å²) < 4.78 is 2.25. The minimum Gasteiger partial charge on any atom is -0.508 e. The highest BCUT2D eigenvalue weighted by molar-refractivity contribution is 6.01. The molecule has 6 rings (SSSR count). The molecule has 1 fully saturated rings. The summed E-state index contributed by atoms with van der Waals surface area (Å²) in [5, 5.41) is 23.0. The summed E-state index contributed by atoms with van der Waals surface area (Å²) in [6.07, 6.45) is 8.96. The molecule has 2 aromatic carbocycles. The summed E-state index contributed by atoms with van der Waals surface area (Å²) in [6, 6.07) is 14.7. The maximum Gasteiger partial charge on any atom is 0.331 e. The van der Waals surface area contributed by atoms with Gasteiger partial charge in [-0.1, -0.05) is 25.3 Å². The maximum atomic E-state index is 13.3. The van der Waals surface area contributed by atoms with Gasteiger partial charge in [0, 0.05) is 40.5 Å². The van der Waals surface area contributed by atoms with Crippen LogP contribution in [0.2, 0.25) is 0 Å². The van der Waals surface area contributed by atoms with Crippen LogP contribution in [0.25, 0.3) is 33.5 Å². The second kappa shape index (κ2) is 9.66. The molecule has 1 aliphatic carbocycles. The average Bonchev–Trinajstić information content (AvgIpc) is 3.53. The van der Waals surface area contributed by atoms with Crippen LogP contribution < -0.4 is 5.32 Å². The van der Waals surface area contributed by atoms with E-state index in [9.17, 15) is 19.8 Å². The third-order valence-corrected chi connectivity index (χ3v) is 7.32. The lowest BCUT2D eigenvalue weighted by Crippen LogP contribution is -2.33. The molecular weight excluding hydrogens is 482 g/mol. The van der Waals surface area contributed by atoms with Crippen LogP contribution in [0.5, 0.6) is 5.75 Å². The molecule has 38 heavy (non-hydrogen) atoms. The van der Waals surface area contributed by atoms with Crippen LogP contribution >= 0.6 is 0 Å². The SMILES string of the molecule is O=C(N[C@H](C(=O)O)c1c[nH]c2ccc(O)cc12)c1ccc2c(c1)nc(-c1ccccn1)n2C1CCCCC1. The number of carbonyl (C=O) groups is 2. The molecule has 9 nitrogen and oxygen atoms in total. The number of carboxylic acid groups (broad SMARTS) is 1. The Balaban J connectivity index is 1.37. The van der Waals surface area contributed by atoms with Crippen molar-refractivity contribution in [3.8, 4) is 17.3 Å². The van der Waals surface area contributed by atoms with E-state index in [1.165, 1.54) is 24.8 Å². The number of rotatable bonds is 6. The van der Waals surface area contributed by atoms with Gasteiger partial charge in [0.05, 0.1) is 11.0 Å². The number of amides is 1. The fourth-order valence-electron chi connectivity index (χ4n) is 5.48. The van der Waals surface area contributed by atoms with Crippen molar-refractivity contribution in [1.82, 2.24) is 24.8 Å². The predicted octanol–water partition coefficient (Wildman–Crippen LogP) is 5.35. The number of carbonyl (C=O) groups excluding carboxylic acids is 1. The maximum absolute atomic E-state index is 13.3. The molecule has 1 atom stereocenters. The van der Waals surface area contributed by atoms with E-state index in [-0.39, 0.29) is 5.75 Å². The Morgan fingerprint density at radius 1 is 1.05 bits per heavy atom. The molecule has 0 saturated heterocycles. The lowest BCUT2D eigenvalue weighted by atomic mass is 9.95. The molecule has 0 bridgehead atoms. The van der Waals surface area contributed by atoms with Gasteiger partial charge < -0.3 is 25.1 Å². The number of hydrogen-bond acceptors (Lipinski definition) is 5. The number of carboxylic acids is 1. The zero-order chi connectivity index (χ0) is 26.2. The minimum atomic E-state index is -1.31.